The molecule has 0 heterocycles. The first-order chi connectivity index (χ1) is 8.00. The molecule has 0 saturated heterocycles. The fourth-order valence-electron chi connectivity index (χ4n) is 2.25. The van der Waals surface area contributed by atoms with Crippen LogP contribution in [0, 0.1) is 11.3 Å². The van der Waals surface area contributed by atoms with Gasteiger partial charge in [0.25, 0.3) is 0 Å². The molecule has 1 saturated carbocycles. The predicted molar refractivity (Wildman–Crippen MR) is 64.8 cm³/mol. The molecule has 0 aliphatic heterocycles. The minimum atomic E-state index is -0.791. The first kappa shape index (κ1) is 13.8. The molecule has 1 rings (SSSR count). The summed E-state index contributed by atoms with van der Waals surface area (Å²) in [7, 11) is 0. The molecule has 0 unspecified atom stereocenters. The van der Waals surface area contributed by atoms with Crippen LogP contribution in [0.25, 0.3) is 0 Å². The SMILES string of the molecule is CCNC(=O)NCC1(C(=O)O)CCC(C)CC1. The molecule has 0 aromatic heterocycles. The Kier molecular flexibility index (Phi) is 4.78. The van der Waals surface area contributed by atoms with Crippen molar-refractivity contribution in [2.45, 2.75) is 39.5 Å². The van der Waals surface area contributed by atoms with Crippen LogP contribution >= 0.6 is 0 Å². The second kappa shape index (κ2) is 5.89. The van der Waals surface area contributed by atoms with E-state index in [-0.39, 0.29) is 12.6 Å². The van der Waals surface area contributed by atoms with E-state index in [0.717, 1.165) is 12.8 Å². The lowest BCUT2D eigenvalue weighted by atomic mass is 9.71. The molecule has 5 nitrogen and oxygen atoms in total. The molecule has 1 aliphatic carbocycles. The third-order valence-corrected chi connectivity index (χ3v) is 3.61. The van der Waals surface area contributed by atoms with Crippen LogP contribution in [0.1, 0.15) is 39.5 Å². The predicted octanol–water partition coefficient (Wildman–Crippen LogP) is 1.59. The molecule has 5 heteroatoms. The minimum absolute atomic E-state index is 0.223. The minimum Gasteiger partial charge on any atom is -0.481 e. The largest absolute Gasteiger partial charge is 0.481 e. The summed E-state index contributed by atoms with van der Waals surface area (Å²) in [5.74, 6) is -0.201. The van der Waals surface area contributed by atoms with Crippen LogP contribution < -0.4 is 10.6 Å². The number of urea groups is 1. The highest BCUT2D eigenvalue weighted by atomic mass is 16.4. The van der Waals surface area contributed by atoms with E-state index in [4.69, 9.17) is 0 Å². The van der Waals surface area contributed by atoms with Gasteiger partial charge >= 0.3 is 12.0 Å². The van der Waals surface area contributed by atoms with E-state index >= 15 is 0 Å². The normalized spacial score (nSPS) is 28.5. The van der Waals surface area contributed by atoms with E-state index in [9.17, 15) is 14.7 Å². The number of nitrogens with one attached hydrogen (secondary N) is 2. The van der Waals surface area contributed by atoms with Crippen molar-refractivity contribution in [1.29, 1.82) is 0 Å². The topological polar surface area (TPSA) is 78.4 Å². The summed E-state index contributed by atoms with van der Waals surface area (Å²) in [4.78, 5) is 22.7. The Balaban J connectivity index is 2.54. The summed E-state index contributed by atoms with van der Waals surface area (Å²) in [6, 6.07) is -0.285. The second-order valence-corrected chi connectivity index (χ2v) is 4.98. The van der Waals surface area contributed by atoms with Gasteiger partial charge in [0.05, 0.1) is 5.41 Å². The van der Waals surface area contributed by atoms with Crippen LogP contribution in [0.5, 0.6) is 0 Å². The van der Waals surface area contributed by atoms with E-state index in [1.807, 2.05) is 6.92 Å². The summed E-state index contributed by atoms with van der Waals surface area (Å²) in [6.07, 6.45) is 3.14. The Morgan fingerprint density at radius 2 is 1.88 bits per heavy atom. The Bertz CT molecular complexity index is 283. The zero-order valence-corrected chi connectivity index (χ0v) is 10.6. The molecule has 2 amide bonds. The molecular formula is C12H22N2O3. The first-order valence-corrected chi connectivity index (χ1v) is 6.25. The number of carboxylic acids is 1. The highest BCUT2D eigenvalue weighted by Gasteiger charge is 2.41. The Hall–Kier alpha value is -1.26. The quantitative estimate of drug-likeness (QED) is 0.700. The van der Waals surface area contributed by atoms with Crippen molar-refractivity contribution in [2.75, 3.05) is 13.1 Å². The lowest BCUT2D eigenvalue weighted by Crippen LogP contribution is -2.47. The third kappa shape index (κ3) is 3.61. The van der Waals surface area contributed by atoms with Crippen LogP contribution in [-0.4, -0.2) is 30.2 Å². The van der Waals surface area contributed by atoms with Crippen molar-refractivity contribution in [2.24, 2.45) is 11.3 Å². The van der Waals surface area contributed by atoms with Gasteiger partial charge in [-0.1, -0.05) is 6.92 Å². The number of hydrogen-bond acceptors (Lipinski definition) is 2. The summed E-state index contributed by atoms with van der Waals surface area (Å²) in [5, 5.41) is 14.6. The highest BCUT2D eigenvalue weighted by molar-refractivity contribution is 5.78. The van der Waals surface area contributed by atoms with Gasteiger partial charge in [-0.3, -0.25) is 4.79 Å². The van der Waals surface area contributed by atoms with Crippen LogP contribution in [0.3, 0.4) is 0 Å². The van der Waals surface area contributed by atoms with Gasteiger partial charge in [-0.2, -0.15) is 0 Å². The monoisotopic (exact) mass is 242 g/mol. The Morgan fingerprint density at radius 1 is 1.29 bits per heavy atom. The Morgan fingerprint density at radius 3 is 2.35 bits per heavy atom. The summed E-state index contributed by atoms with van der Waals surface area (Å²) < 4.78 is 0. The maximum Gasteiger partial charge on any atom is 0.314 e. The second-order valence-electron chi connectivity index (χ2n) is 4.98. The fraction of sp³-hybridized carbons (Fsp3) is 0.833. The Labute approximate surface area is 102 Å². The smallest absolute Gasteiger partial charge is 0.314 e. The number of carbonyl (C=O) groups is 2. The van der Waals surface area contributed by atoms with E-state index < -0.39 is 11.4 Å². The molecular weight excluding hydrogens is 220 g/mol. The maximum atomic E-state index is 11.4. The zero-order valence-electron chi connectivity index (χ0n) is 10.6. The molecule has 0 atom stereocenters. The lowest BCUT2D eigenvalue weighted by molar-refractivity contribution is -0.151. The van der Waals surface area contributed by atoms with E-state index in [1.165, 1.54) is 0 Å². The maximum absolute atomic E-state index is 11.4. The van der Waals surface area contributed by atoms with Crippen LogP contribution in [0.2, 0.25) is 0 Å². The van der Waals surface area contributed by atoms with Gasteiger partial charge in [0.1, 0.15) is 0 Å². The van der Waals surface area contributed by atoms with E-state index in [0.29, 0.717) is 25.3 Å². The van der Waals surface area contributed by atoms with Crippen molar-refractivity contribution in [1.82, 2.24) is 10.6 Å². The van der Waals surface area contributed by atoms with Gasteiger partial charge < -0.3 is 15.7 Å². The summed E-state index contributed by atoms with van der Waals surface area (Å²) >= 11 is 0. The van der Waals surface area contributed by atoms with E-state index in [2.05, 4.69) is 17.6 Å². The van der Waals surface area contributed by atoms with Gasteiger partial charge in [0.15, 0.2) is 0 Å². The van der Waals surface area contributed by atoms with Gasteiger partial charge in [0.2, 0.25) is 0 Å². The highest BCUT2D eigenvalue weighted by Crippen LogP contribution is 2.38. The fourth-order valence-corrected chi connectivity index (χ4v) is 2.25. The molecule has 17 heavy (non-hydrogen) atoms. The average molecular weight is 242 g/mol. The third-order valence-electron chi connectivity index (χ3n) is 3.61. The van der Waals surface area contributed by atoms with Gasteiger partial charge in [0, 0.05) is 13.1 Å². The number of hydrogen-bond donors (Lipinski definition) is 3. The molecule has 98 valence electrons. The van der Waals surface area contributed by atoms with Crippen molar-refractivity contribution in [3.05, 3.63) is 0 Å². The number of carboxylic acid groups (broad SMARTS) is 1. The van der Waals surface area contributed by atoms with E-state index in [1.54, 1.807) is 0 Å². The van der Waals surface area contributed by atoms with Gasteiger partial charge in [-0.25, -0.2) is 4.79 Å². The van der Waals surface area contributed by atoms with Crippen molar-refractivity contribution < 1.29 is 14.7 Å². The molecule has 0 aromatic carbocycles. The molecule has 0 spiro atoms. The molecule has 0 aromatic rings. The number of amides is 2. The van der Waals surface area contributed by atoms with Gasteiger partial charge in [-0.05, 0) is 38.5 Å². The van der Waals surface area contributed by atoms with Crippen LogP contribution in [0.15, 0.2) is 0 Å². The summed E-state index contributed by atoms with van der Waals surface area (Å²) in [6.45, 7) is 4.74. The molecule has 0 bridgehead atoms. The van der Waals surface area contributed by atoms with Crippen LogP contribution in [0.4, 0.5) is 4.79 Å². The molecule has 3 N–H and O–H groups in total. The van der Waals surface area contributed by atoms with Crippen LogP contribution in [-0.2, 0) is 4.79 Å². The average Bonchev–Trinajstić information content (AvgIpc) is 2.29. The molecule has 1 fully saturated rings. The van der Waals surface area contributed by atoms with Gasteiger partial charge in [-0.15, -0.1) is 0 Å². The summed E-state index contributed by atoms with van der Waals surface area (Å²) in [5.41, 5.74) is -0.766. The zero-order chi connectivity index (χ0) is 12.9. The van der Waals surface area contributed by atoms with Crippen molar-refractivity contribution >= 4 is 12.0 Å². The molecule has 1 aliphatic rings. The standard InChI is InChI=1S/C12H22N2O3/c1-3-13-11(17)14-8-12(10(15)16)6-4-9(2)5-7-12/h9H,3-8H2,1-2H3,(H,15,16)(H2,13,14,17). The van der Waals surface area contributed by atoms with Crippen molar-refractivity contribution in [3.8, 4) is 0 Å². The lowest BCUT2D eigenvalue weighted by Gasteiger charge is -2.35. The van der Waals surface area contributed by atoms with Crippen molar-refractivity contribution in [3.63, 3.8) is 0 Å². The molecule has 0 radical (unpaired) electrons. The number of carbonyl (C=O) groups excluding carboxylic acids is 1. The first-order valence-electron chi connectivity index (χ1n) is 6.25. The number of rotatable bonds is 4. The number of aliphatic carboxylic acids is 1.